The van der Waals surface area contributed by atoms with Crippen LogP contribution in [-0.4, -0.2) is 258 Å². The molecule has 0 unspecified atom stereocenters. The molecule has 25 nitrogen and oxygen atoms in total. The smallest absolute Gasteiger partial charge is 0.248 e. The van der Waals surface area contributed by atoms with Gasteiger partial charge in [-0.1, -0.05) is 116 Å². The number of carbonyl (C=O) groups is 12. The number of ether oxygens (including phenoxy) is 1. The third-order valence-corrected chi connectivity index (χ3v) is 21.6. The Morgan fingerprint density at radius 1 is 0.649 bits per heavy atom. The molecule has 3 saturated heterocycles. The van der Waals surface area contributed by atoms with Gasteiger partial charge in [0.1, 0.15) is 58.6 Å². The van der Waals surface area contributed by atoms with Gasteiger partial charge in [-0.25, -0.2) is 0 Å². The maximum atomic E-state index is 15.4. The number of likely N-dealkylation sites (tertiary alicyclic amines) is 1. The van der Waals surface area contributed by atoms with Crippen LogP contribution >= 0.6 is 23.2 Å². The number of fused-ring (bicyclic) bond motifs is 1. The summed E-state index contributed by atoms with van der Waals surface area (Å²) in [6, 6.07) is -5.02. The summed E-state index contributed by atoms with van der Waals surface area (Å²) in [6.07, 6.45) is 10.9. The summed E-state index contributed by atoms with van der Waals surface area (Å²) < 4.78 is 6.00. The first-order valence-electron chi connectivity index (χ1n) is 35.3. The number of piperidine rings is 1. The van der Waals surface area contributed by atoms with Crippen molar-refractivity contribution in [2.24, 2.45) is 17.8 Å². The van der Waals surface area contributed by atoms with E-state index in [-0.39, 0.29) is 61.0 Å². The van der Waals surface area contributed by atoms with Crippen LogP contribution in [0.2, 0.25) is 10.0 Å². The zero-order chi connectivity index (χ0) is 71.7. The first kappa shape index (κ1) is 79.2. The molecular weight excluding hydrogens is 1290 g/mol. The lowest BCUT2D eigenvalue weighted by Crippen LogP contribution is -2.65. The van der Waals surface area contributed by atoms with Gasteiger partial charge in [-0.05, 0) is 113 Å². The lowest BCUT2D eigenvalue weighted by atomic mass is 9.84. The van der Waals surface area contributed by atoms with Crippen molar-refractivity contribution < 1.29 is 62.3 Å². The van der Waals surface area contributed by atoms with Crippen molar-refractivity contribution in [2.75, 3.05) is 95.2 Å². The van der Waals surface area contributed by atoms with Crippen LogP contribution in [0.5, 0.6) is 5.75 Å². The van der Waals surface area contributed by atoms with Gasteiger partial charge in [0, 0.05) is 69.0 Å². The summed E-state index contributed by atoms with van der Waals surface area (Å²) in [4.78, 5) is 188. The maximum absolute atomic E-state index is 15.4. The molecule has 97 heavy (non-hydrogen) atoms. The van der Waals surface area contributed by atoms with Gasteiger partial charge in [0.15, 0.2) is 0 Å². The highest BCUT2D eigenvalue weighted by Gasteiger charge is 2.50. The fraction of sp³-hybridized carbons (Fsp3) is 0.743. The van der Waals surface area contributed by atoms with Gasteiger partial charge in [-0.2, -0.15) is 0 Å². The standard InChI is InChI=1S/C70H110Cl2N12O13/c1-14-16-36-97-54-39-48(37-49(71)59(54)72)29-30-50-64(91)84-35-25-28-51(84)63(90)75-70(31-21-22-32-70)69(96)82(13)61(44(3)4)68(95)81(12)53(66(93)83-33-23-18-24-34-83)40-56(86)79(10)46(6)62(89)74-60(45(5)15-2)67(94)78(9)42-57(87)76(7)43-58(88)80(11)52(38-47-26-19-17-20-27-47)65(92)77(8)41-55(85)73-50/h37,39,44-47,50-53,60-61H,14-36,38,40-43H2,1-13H3,(H,73,85)(H,74,89)(H,75,90)/t45-,46-,50-,51-,52-,53-,60-,61-/m0/s1. The minimum atomic E-state index is -1.52. The molecule has 1 aromatic carbocycles. The molecule has 0 radical (unpaired) electrons. The minimum absolute atomic E-state index is 0.00702. The number of hydrogen-bond donors (Lipinski definition) is 3. The Hall–Kier alpha value is -6.76. The van der Waals surface area contributed by atoms with Crippen molar-refractivity contribution in [1.82, 2.24) is 60.0 Å². The van der Waals surface area contributed by atoms with Gasteiger partial charge >= 0.3 is 0 Å². The molecule has 12 amide bonds. The van der Waals surface area contributed by atoms with Crippen molar-refractivity contribution in [2.45, 2.75) is 224 Å². The van der Waals surface area contributed by atoms with Crippen LogP contribution in [0.1, 0.15) is 176 Å². The molecule has 8 atom stereocenters. The number of carbonyl (C=O) groups excluding carboxylic acids is 12. The molecule has 1 aromatic rings. The predicted molar refractivity (Wildman–Crippen MR) is 368 cm³/mol. The Bertz CT molecular complexity index is 2990. The number of hydrogen-bond acceptors (Lipinski definition) is 13. The Morgan fingerprint density at radius 2 is 1.28 bits per heavy atom. The van der Waals surface area contributed by atoms with Crippen LogP contribution in [-0.2, 0) is 64.0 Å². The highest BCUT2D eigenvalue weighted by molar-refractivity contribution is 6.43. The lowest BCUT2D eigenvalue weighted by molar-refractivity contribution is -0.156. The summed E-state index contributed by atoms with van der Waals surface area (Å²) in [5.41, 5.74) is -0.878. The van der Waals surface area contributed by atoms with E-state index in [1.165, 1.54) is 80.8 Å². The molecule has 3 N–H and O–H groups in total. The Labute approximate surface area is 584 Å². The van der Waals surface area contributed by atoms with Crippen LogP contribution in [0, 0.1) is 17.8 Å². The molecule has 0 aromatic heterocycles. The van der Waals surface area contributed by atoms with E-state index in [0.717, 1.165) is 66.1 Å². The number of nitrogens with zero attached hydrogens (tertiary/aromatic N) is 9. The Morgan fingerprint density at radius 3 is 1.91 bits per heavy atom. The summed E-state index contributed by atoms with van der Waals surface area (Å²) in [5, 5.41) is 9.24. The van der Waals surface area contributed by atoms with Crippen LogP contribution in [0.15, 0.2) is 12.1 Å². The number of aryl methyl sites for hydroxylation is 1. The lowest BCUT2D eigenvalue weighted by Gasteiger charge is -2.41. The second-order valence-electron chi connectivity index (χ2n) is 28.3. The second kappa shape index (κ2) is 36.4. The van der Waals surface area contributed by atoms with Crippen molar-refractivity contribution in [3.63, 3.8) is 0 Å². The summed E-state index contributed by atoms with van der Waals surface area (Å²) >= 11 is 13.3. The monoisotopic (exact) mass is 1400 g/mol. The van der Waals surface area contributed by atoms with Crippen molar-refractivity contribution >= 4 is 94.1 Å². The van der Waals surface area contributed by atoms with E-state index in [0.29, 0.717) is 69.5 Å². The number of likely N-dealkylation sites (N-methyl/N-ethyl adjacent to an activating group) is 7. The molecular formula is C70H110Cl2N12O13. The van der Waals surface area contributed by atoms with Gasteiger partial charge in [0.2, 0.25) is 70.9 Å². The van der Waals surface area contributed by atoms with Crippen molar-refractivity contribution in [3.8, 4) is 5.75 Å². The maximum Gasteiger partial charge on any atom is 0.248 e. The molecule has 5 aliphatic rings. The van der Waals surface area contributed by atoms with E-state index in [9.17, 15) is 38.4 Å². The Kier molecular flexibility index (Phi) is 29.7. The fourth-order valence-corrected chi connectivity index (χ4v) is 14.6. The number of unbranched alkanes of at least 4 members (excludes halogenated alkanes) is 1. The largest absolute Gasteiger partial charge is 0.492 e. The molecule has 1 spiro atoms. The minimum Gasteiger partial charge on any atom is -0.492 e. The zero-order valence-corrected chi connectivity index (χ0v) is 61.3. The highest BCUT2D eigenvalue weighted by Crippen LogP contribution is 2.37. The predicted octanol–water partition coefficient (Wildman–Crippen LogP) is 5.29. The van der Waals surface area contributed by atoms with Gasteiger partial charge in [0.25, 0.3) is 0 Å². The first-order valence-corrected chi connectivity index (χ1v) is 36.0. The van der Waals surface area contributed by atoms with E-state index < -0.39 is 157 Å². The number of benzene rings is 1. The number of nitrogens with one attached hydrogen (secondary N) is 3. The summed E-state index contributed by atoms with van der Waals surface area (Å²) in [7, 11) is 10.0. The Balaban J connectivity index is 1.40. The average Bonchev–Trinajstić information content (AvgIpc) is 1.76. The highest BCUT2D eigenvalue weighted by atomic mass is 35.5. The molecule has 3 heterocycles. The third kappa shape index (κ3) is 20.2. The average molecular weight is 1400 g/mol. The summed E-state index contributed by atoms with van der Waals surface area (Å²) in [6.45, 7) is 10.4. The topological polar surface area (TPSA) is 279 Å². The SMILES string of the molecule is CCCCOc1cc(CC[C@@H]2NC(=O)CN(C)C(=O)[C@H](CC3CCCCC3)N(C)C(=O)CN(C)C(=O)CN(C)C(=O)[C@H]([C@@H](C)CC)NC(=O)[C@H](C)N(C)C(=O)C[C@@H](C(=O)N3CCCCC3)N(C)C(=O)[C@H](C(C)C)N(C)C(=O)C3(CCCC3)NC(=O)[C@@H]3CCCN3C2=O)cc(Cl)c1Cl. The quantitative estimate of drug-likeness (QED) is 0.212. The van der Waals surface area contributed by atoms with E-state index in [2.05, 4.69) is 16.0 Å². The molecule has 3 aliphatic heterocycles. The van der Waals surface area contributed by atoms with E-state index in [1.54, 1.807) is 37.8 Å². The summed E-state index contributed by atoms with van der Waals surface area (Å²) in [5.74, 6) is -7.92. The fourth-order valence-electron chi connectivity index (χ4n) is 14.2. The van der Waals surface area contributed by atoms with Crippen LogP contribution < -0.4 is 20.7 Å². The van der Waals surface area contributed by atoms with Crippen molar-refractivity contribution in [1.29, 1.82) is 0 Å². The molecule has 2 aliphatic carbocycles. The van der Waals surface area contributed by atoms with Gasteiger partial charge < -0.3 is 64.8 Å². The number of halogens is 2. The molecule has 2 saturated carbocycles. The molecule has 5 fully saturated rings. The second-order valence-corrected chi connectivity index (χ2v) is 29.1. The van der Waals surface area contributed by atoms with Gasteiger partial charge in [-0.15, -0.1) is 0 Å². The molecule has 542 valence electrons. The van der Waals surface area contributed by atoms with Crippen LogP contribution in [0.4, 0.5) is 0 Å². The van der Waals surface area contributed by atoms with E-state index in [4.69, 9.17) is 27.9 Å². The molecule has 0 bridgehead atoms. The number of amides is 12. The van der Waals surface area contributed by atoms with E-state index in [1.807, 2.05) is 13.8 Å². The molecule has 27 heteroatoms. The van der Waals surface area contributed by atoms with Crippen LogP contribution in [0.25, 0.3) is 0 Å². The van der Waals surface area contributed by atoms with Crippen LogP contribution in [0.3, 0.4) is 0 Å². The van der Waals surface area contributed by atoms with Gasteiger partial charge in [-0.3, -0.25) is 57.5 Å². The van der Waals surface area contributed by atoms with Crippen molar-refractivity contribution in [3.05, 3.63) is 27.7 Å². The first-order chi connectivity index (χ1) is 45.9. The van der Waals surface area contributed by atoms with E-state index >= 15 is 19.2 Å². The van der Waals surface area contributed by atoms with Gasteiger partial charge in [0.05, 0.1) is 37.7 Å². The normalized spacial score (nSPS) is 26.0. The zero-order valence-electron chi connectivity index (χ0n) is 59.8. The molecule has 6 rings (SSSR count). The third-order valence-electron chi connectivity index (χ3n) is 20.9. The number of rotatable bonds is 13.